The standard InChI is InChI=1S/C11H13BrClNO/c1-3-14-11(15)10(13)9-5-4-8(12)6-7(9)2/h4-6,10H,3H2,1-2H3,(H,14,15). The summed E-state index contributed by atoms with van der Waals surface area (Å²) < 4.78 is 0.989. The fourth-order valence-corrected chi connectivity index (χ4v) is 2.13. The lowest BCUT2D eigenvalue weighted by Gasteiger charge is -2.12. The normalized spacial score (nSPS) is 12.3. The molecule has 1 N–H and O–H groups in total. The lowest BCUT2D eigenvalue weighted by Crippen LogP contribution is -2.26. The number of aryl methyl sites for hydroxylation is 1. The van der Waals surface area contributed by atoms with Gasteiger partial charge in [-0.1, -0.05) is 22.0 Å². The Morgan fingerprint density at radius 1 is 1.60 bits per heavy atom. The van der Waals surface area contributed by atoms with Gasteiger partial charge in [0.1, 0.15) is 5.38 Å². The number of likely N-dealkylation sites (N-methyl/N-ethyl adjacent to an activating group) is 1. The van der Waals surface area contributed by atoms with Crippen molar-refractivity contribution in [2.75, 3.05) is 6.54 Å². The molecule has 1 rings (SSSR count). The molecule has 1 unspecified atom stereocenters. The number of carbonyl (C=O) groups is 1. The molecule has 2 nitrogen and oxygen atoms in total. The van der Waals surface area contributed by atoms with Crippen molar-refractivity contribution >= 4 is 33.4 Å². The first-order valence-electron chi connectivity index (χ1n) is 4.74. The molecule has 0 spiro atoms. The molecule has 82 valence electrons. The molecule has 1 aromatic carbocycles. The van der Waals surface area contributed by atoms with Crippen molar-refractivity contribution in [3.05, 3.63) is 33.8 Å². The van der Waals surface area contributed by atoms with Gasteiger partial charge in [-0.15, -0.1) is 11.6 Å². The maximum atomic E-state index is 11.5. The van der Waals surface area contributed by atoms with Crippen LogP contribution in [0.15, 0.2) is 22.7 Å². The zero-order valence-corrected chi connectivity index (χ0v) is 11.0. The van der Waals surface area contributed by atoms with E-state index in [0.717, 1.165) is 15.6 Å². The number of hydrogen-bond donors (Lipinski definition) is 1. The van der Waals surface area contributed by atoms with Crippen LogP contribution in [-0.4, -0.2) is 12.5 Å². The molecule has 0 bridgehead atoms. The predicted octanol–water partition coefficient (Wildman–Crippen LogP) is 3.17. The fourth-order valence-electron chi connectivity index (χ4n) is 1.33. The van der Waals surface area contributed by atoms with Crippen molar-refractivity contribution in [3.63, 3.8) is 0 Å². The van der Waals surface area contributed by atoms with Crippen molar-refractivity contribution in [1.29, 1.82) is 0 Å². The van der Waals surface area contributed by atoms with Crippen molar-refractivity contribution in [1.82, 2.24) is 5.32 Å². The Labute approximate surface area is 103 Å². The first kappa shape index (κ1) is 12.5. The Morgan fingerprint density at radius 2 is 2.27 bits per heavy atom. The molecule has 0 fully saturated rings. The molecule has 0 aromatic heterocycles. The van der Waals surface area contributed by atoms with Crippen LogP contribution in [0.3, 0.4) is 0 Å². The maximum absolute atomic E-state index is 11.5. The number of alkyl halides is 1. The third-order valence-electron chi connectivity index (χ3n) is 2.09. The van der Waals surface area contributed by atoms with Crippen molar-refractivity contribution < 1.29 is 4.79 Å². The second kappa shape index (κ2) is 5.52. The monoisotopic (exact) mass is 289 g/mol. The average molecular weight is 291 g/mol. The number of nitrogens with one attached hydrogen (secondary N) is 1. The van der Waals surface area contributed by atoms with E-state index < -0.39 is 5.38 Å². The third kappa shape index (κ3) is 3.21. The molecule has 0 aliphatic heterocycles. The molecule has 0 aliphatic rings. The van der Waals surface area contributed by atoms with E-state index in [1.54, 1.807) is 0 Å². The Hall–Kier alpha value is -0.540. The minimum Gasteiger partial charge on any atom is -0.355 e. The van der Waals surface area contributed by atoms with Gasteiger partial charge < -0.3 is 5.32 Å². The number of hydrogen-bond acceptors (Lipinski definition) is 1. The van der Waals surface area contributed by atoms with Gasteiger partial charge in [-0.05, 0) is 37.1 Å². The van der Waals surface area contributed by atoms with E-state index in [1.807, 2.05) is 32.0 Å². The number of benzene rings is 1. The van der Waals surface area contributed by atoms with Gasteiger partial charge >= 0.3 is 0 Å². The molecule has 0 heterocycles. The van der Waals surface area contributed by atoms with Gasteiger partial charge in [-0.3, -0.25) is 4.79 Å². The van der Waals surface area contributed by atoms with Gasteiger partial charge in [0.15, 0.2) is 0 Å². The minimum absolute atomic E-state index is 0.149. The predicted molar refractivity (Wildman–Crippen MR) is 66.2 cm³/mol. The number of amides is 1. The SMILES string of the molecule is CCNC(=O)C(Cl)c1ccc(Br)cc1C. The minimum atomic E-state index is -0.613. The summed E-state index contributed by atoms with van der Waals surface area (Å²) in [6.45, 7) is 4.41. The Morgan fingerprint density at radius 3 is 2.80 bits per heavy atom. The van der Waals surface area contributed by atoms with Crippen LogP contribution in [0.4, 0.5) is 0 Å². The zero-order chi connectivity index (χ0) is 11.4. The summed E-state index contributed by atoms with van der Waals surface area (Å²) in [6.07, 6.45) is 0. The third-order valence-corrected chi connectivity index (χ3v) is 3.01. The van der Waals surface area contributed by atoms with E-state index in [9.17, 15) is 4.79 Å². The highest BCUT2D eigenvalue weighted by molar-refractivity contribution is 9.10. The van der Waals surface area contributed by atoms with Crippen LogP contribution in [0.1, 0.15) is 23.4 Å². The van der Waals surface area contributed by atoms with Gasteiger partial charge in [0.2, 0.25) is 5.91 Å². The van der Waals surface area contributed by atoms with Gasteiger partial charge in [0.25, 0.3) is 0 Å². The van der Waals surface area contributed by atoms with Crippen LogP contribution >= 0.6 is 27.5 Å². The molecular weight excluding hydrogens is 277 g/mol. The largest absolute Gasteiger partial charge is 0.355 e. The van der Waals surface area contributed by atoms with E-state index in [0.29, 0.717) is 6.54 Å². The lowest BCUT2D eigenvalue weighted by atomic mass is 10.1. The molecule has 0 aliphatic carbocycles. The first-order valence-corrected chi connectivity index (χ1v) is 5.97. The summed E-state index contributed by atoms with van der Waals surface area (Å²) in [6, 6.07) is 5.70. The van der Waals surface area contributed by atoms with E-state index >= 15 is 0 Å². The number of carbonyl (C=O) groups excluding carboxylic acids is 1. The van der Waals surface area contributed by atoms with Gasteiger partial charge in [0.05, 0.1) is 0 Å². The van der Waals surface area contributed by atoms with Crippen LogP contribution in [0, 0.1) is 6.92 Å². The molecule has 1 aromatic rings. The molecule has 4 heteroatoms. The summed E-state index contributed by atoms with van der Waals surface area (Å²) >= 11 is 9.44. The topological polar surface area (TPSA) is 29.1 Å². The molecule has 1 amide bonds. The fraction of sp³-hybridized carbons (Fsp3) is 0.364. The Bertz CT molecular complexity index is 368. The highest BCUT2D eigenvalue weighted by Gasteiger charge is 2.18. The second-order valence-electron chi connectivity index (χ2n) is 3.26. The average Bonchev–Trinajstić information content (AvgIpc) is 2.17. The van der Waals surface area contributed by atoms with Crippen molar-refractivity contribution in [2.24, 2.45) is 0 Å². The van der Waals surface area contributed by atoms with Crippen molar-refractivity contribution in [2.45, 2.75) is 19.2 Å². The second-order valence-corrected chi connectivity index (χ2v) is 4.61. The summed E-state index contributed by atoms with van der Waals surface area (Å²) in [5.41, 5.74) is 1.86. The van der Waals surface area contributed by atoms with E-state index in [1.165, 1.54) is 0 Å². The maximum Gasteiger partial charge on any atom is 0.242 e. The highest BCUT2D eigenvalue weighted by atomic mass is 79.9. The first-order chi connectivity index (χ1) is 7.06. The molecule has 0 saturated carbocycles. The van der Waals surface area contributed by atoms with Gasteiger partial charge in [-0.2, -0.15) is 0 Å². The van der Waals surface area contributed by atoms with Gasteiger partial charge in [-0.25, -0.2) is 0 Å². The quantitative estimate of drug-likeness (QED) is 0.851. The Kier molecular flexibility index (Phi) is 4.61. The van der Waals surface area contributed by atoms with Crippen LogP contribution in [-0.2, 0) is 4.79 Å². The van der Waals surface area contributed by atoms with Crippen LogP contribution in [0.5, 0.6) is 0 Å². The molecule has 0 radical (unpaired) electrons. The summed E-state index contributed by atoms with van der Waals surface area (Å²) in [5, 5.41) is 2.09. The lowest BCUT2D eigenvalue weighted by molar-refractivity contribution is -0.120. The molecule has 1 atom stereocenters. The summed E-state index contributed by atoms with van der Waals surface area (Å²) in [7, 11) is 0. The number of halogens is 2. The van der Waals surface area contributed by atoms with E-state index in [4.69, 9.17) is 11.6 Å². The smallest absolute Gasteiger partial charge is 0.242 e. The zero-order valence-electron chi connectivity index (χ0n) is 8.68. The van der Waals surface area contributed by atoms with E-state index in [-0.39, 0.29) is 5.91 Å². The summed E-state index contributed by atoms with van der Waals surface area (Å²) in [5.74, 6) is -0.149. The molecular formula is C11H13BrClNO. The van der Waals surface area contributed by atoms with Crippen molar-refractivity contribution in [3.8, 4) is 0 Å². The van der Waals surface area contributed by atoms with E-state index in [2.05, 4.69) is 21.2 Å². The van der Waals surface area contributed by atoms with Gasteiger partial charge in [0, 0.05) is 11.0 Å². The van der Waals surface area contributed by atoms with Crippen LogP contribution in [0.25, 0.3) is 0 Å². The van der Waals surface area contributed by atoms with Crippen LogP contribution in [0.2, 0.25) is 0 Å². The number of rotatable bonds is 3. The molecule has 0 saturated heterocycles. The van der Waals surface area contributed by atoms with Crippen LogP contribution < -0.4 is 5.32 Å². The Balaban J connectivity index is 2.91. The molecule has 15 heavy (non-hydrogen) atoms. The highest BCUT2D eigenvalue weighted by Crippen LogP contribution is 2.26. The summed E-state index contributed by atoms with van der Waals surface area (Å²) in [4.78, 5) is 11.5.